The van der Waals surface area contributed by atoms with Gasteiger partial charge < -0.3 is 10.1 Å². The van der Waals surface area contributed by atoms with E-state index in [1.807, 2.05) is 6.92 Å². The molecule has 0 amide bonds. The monoisotopic (exact) mass is 291 g/mol. The third-order valence-electron chi connectivity index (χ3n) is 3.76. The third kappa shape index (κ3) is 6.76. The highest BCUT2D eigenvalue weighted by molar-refractivity contribution is 5.70. The fourth-order valence-corrected chi connectivity index (χ4v) is 2.33. The maximum Gasteiger partial charge on any atom is 0.307 e. The molecule has 0 saturated heterocycles. The fraction of sp³-hybridized carbons (Fsp3) is 0.611. The van der Waals surface area contributed by atoms with Gasteiger partial charge in [0.15, 0.2) is 0 Å². The first kappa shape index (κ1) is 17.7. The van der Waals surface area contributed by atoms with Gasteiger partial charge in [-0.3, -0.25) is 4.79 Å². The Kier molecular flexibility index (Phi) is 8.06. The number of aryl methyl sites for hydroxylation is 1. The van der Waals surface area contributed by atoms with Gasteiger partial charge >= 0.3 is 5.97 Å². The van der Waals surface area contributed by atoms with Crippen molar-refractivity contribution in [1.82, 2.24) is 5.32 Å². The summed E-state index contributed by atoms with van der Waals surface area (Å²) in [5, 5.41) is 3.53. The molecule has 21 heavy (non-hydrogen) atoms. The van der Waals surface area contributed by atoms with Crippen LogP contribution in [0.2, 0.25) is 0 Å². The van der Waals surface area contributed by atoms with Gasteiger partial charge in [-0.25, -0.2) is 0 Å². The Morgan fingerprint density at radius 2 is 1.76 bits per heavy atom. The van der Waals surface area contributed by atoms with Crippen LogP contribution in [0.1, 0.15) is 51.7 Å². The van der Waals surface area contributed by atoms with E-state index in [-0.39, 0.29) is 12.0 Å². The van der Waals surface area contributed by atoms with E-state index in [9.17, 15) is 4.79 Å². The summed E-state index contributed by atoms with van der Waals surface area (Å²) in [4.78, 5) is 11.8. The largest absolute Gasteiger partial charge is 0.466 e. The van der Waals surface area contributed by atoms with Crippen LogP contribution >= 0.6 is 0 Å². The topological polar surface area (TPSA) is 38.3 Å². The maximum atomic E-state index is 11.8. The Labute approximate surface area is 129 Å². The van der Waals surface area contributed by atoms with Gasteiger partial charge in [0.25, 0.3) is 0 Å². The normalized spacial score (nSPS) is 13.7. The van der Waals surface area contributed by atoms with Crippen LogP contribution in [0.5, 0.6) is 0 Å². The van der Waals surface area contributed by atoms with Crippen molar-refractivity contribution < 1.29 is 9.53 Å². The lowest BCUT2D eigenvalue weighted by Gasteiger charge is -2.22. The lowest BCUT2D eigenvalue weighted by Crippen LogP contribution is -2.39. The maximum absolute atomic E-state index is 11.8. The van der Waals surface area contributed by atoms with Crippen LogP contribution in [0, 0.1) is 0 Å². The molecule has 0 aliphatic heterocycles. The van der Waals surface area contributed by atoms with Gasteiger partial charge in [0.1, 0.15) is 0 Å². The highest BCUT2D eigenvalue weighted by Gasteiger charge is 2.17. The number of hydrogen-bond donors (Lipinski definition) is 1. The van der Waals surface area contributed by atoms with Crippen molar-refractivity contribution >= 4 is 5.97 Å². The lowest BCUT2D eigenvalue weighted by molar-refractivity contribution is -0.143. The van der Waals surface area contributed by atoms with Crippen molar-refractivity contribution in [3.63, 3.8) is 0 Å². The lowest BCUT2D eigenvalue weighted by atomic mass is 10.0. The Balaban J connectivity index is 2.67. The summed E-state index contributed by atoms with van der Waals surface area (Å²) in [6.45, 7) is 8.75. The molecule has 1 N–H and O–H groups in total. The van der Waals surface area contributed by atoms with E-state index in [0.29, 0.717) is 19.1 Å². The fourth-order valence-electron chi connectivity index (χ4n) is 2.33. The molecule has 3 nitrogen and oxygen atoms in total. The molecule has 0 spiro atoms. The van der Waals surface area contributed by atoms with Crippen LogP contribution in [0.3, 0.4) is 0 Å². The number of hydrogen-bond acceptors (Lipinski definition) is 3. The van der Waals surface area contributed by atoms with Crippen LogP contribution in [0.4, 0.5) is 0 Å². The summed E-state index contributed by atoms with van der Waals surface area (Å²) < 4.78 is 5.08. The predicted molar refractivity (Wildman–Crippen MR) is 87.5 cm³/mol. The zero-order valence-corrected chi connectivity index (χ0v) is 13.8. The molecule has 0 fully saturated rings. The zero-order chi connectivity index (χ0) is 15.7. The average molecular weight is 291 g/mol. The Morgan fingerprint density at radius 1 is 1.14 bits per heavy atom. The van der Waals surface area contributed by atoms with Gasteiger partial charge in [0.05, 0.1) is 13.0 Å². The van der Waals surface area contributed by atoms with E-state index in [4.69, 9.17) is 4.74 Å². The summed E-state index contributed by atoms with van der Waals surface area (Å²) in [5.41, 5.74) is 2.60. The number of carbonyl (C=O) groups is 1. The highest BCUT2D eigenvalue weighted by Crippen LogP contribution is 2.11. The molecule has 2 unspecified atom stereocenters. The number of rotatable bonds is 9. The van der Waals surface area contributed by atoms with Crippen LogP contribution in [0.15, 0.2) is 24.3 Å². The Morgan fingerprint density at radius 3 is 2.29 bits per heavy atom. The van der Waals surface area contributed by atoms with Crippen molar-refractivity contribution in [2.45, 2.75) is 65.5 Å². The molecule has 0 heterocycles. The molecule has 0 bridgehead atoms. The minimum absolute atomic E-state index is 0.122. The Hall–Kier alpha value is -1.35. The third-order valence-corrected chi connectivity index (χ3v) is 3.76. The first-order chi connectivity index (χ1) is 10.1. The second-order valence-electron chi connectivity index (χ2n) is 5.56. The van der Waals surface area contributed by atoms with E-state index < -0.39 is 0 Å². The minimum atomic E-state index is -0.122. The molecular weight excluding hydrogens is 262 g/mol. The van der Waals surface area contributed by atoms with Gasteiger partial charge in [-0.05, 0) is 44.2 Å². The molecule has 0 saturated carbocycles. The van der Waals surface area contributed by atoms with Crippen LogP contribution < -0.4 is 5.32 Å². The van der Waals surface area contributed by atoms with E-state index in [2.05, 4.69) is 50.4 Å². The number of ether oxygens (including phenoxy) is 1. The van der Waals surface area contributed by atoms with Gasteiger partial charge in [-0.15, -0.1) is 0 Å². The summed E-state index contributed by atoms with van der Waals surface area (Å²) in [7, 11) is 0. The highest BCUT2D eigenvalue weighted by atomic mass is 16.5. The van der Waals surface area contributed by atoms with Crippen molar-refractivity contribution in [3.05, 3.63) is 35.4 Å². The number of nitrogens with one attached hydrogen (secondary N) is 1. The summed E-state index contributed by atoms with van der Waals surface area (Å²) >= 11 is 0. The number of carbonyl (C=O) groups excluding carboxylic acids is 1. The van der Waals surface area contributed by atoms with Crippen LogP contribution in [-0.4, -0.2) is 24.7 Å². The Bertz CT molecular complexity index is 414. The number of esters is 1. The van der Waals surface area contributed by atoms with Crippen molar-refractivity contribution in [2.75, 3.05) is 6.61 Å². The summed E-state index contributed by atoms with van der Waals surface area (Å²) in [5.74, 6) is -0.122. The van der Waals surface area contributed by atoms with E-state index in [1.165, 1.54) is 11.1 Å². The second-order valence-corrected chi connectivity index (χ2v) is 5.56. The first-order valence-electron chi connectivity index (χ1n) is 8.08. The molecule has 2 atom stereocenters. The van der Waals surface area contributed by atoms with Crippen LogP contribution in [0.25, 0.3) is 0 Å². The van der Waals surface area contributed by atoms with E-state index >= 15 is 0 Å². The zero-order valence-electron chi connectivity index (χ0n) is 13.8. The van der Waals surface area contributed by atoms with Gasteiger partial charge in [-0.1, -0.05) is 38.1 Å². The molecular formula is C18H29NO2. The molecule has 118 valence electrons. The van der Waals surface area contributed by atoms with Gasteiger partial charge in [0, 0.05) is 12.1 Å². The smallest absolute Gasteiger partial charge is 0.307 e. The SMILES string of the molecule is CCOC(=O)CC(Cc1ccc(CC)cc1)NC(C)CC. The standard InChI is InChI=1S/C18H29NO2/c1-5-14(4)19-17(13-18(20)21-7-3)12-16-10-8-15(6-2)9-11-16/h8-11,14,17,19H,5-7,12-13H2,1-4H3. The number of benzene rings is 1. The molecule has 0 aliphatic carbocycles. The quantitative estimate of drug-likeness (QED) is 0.708. The summed E-state index contributed by atoms with van der Waals surface area (Å²) in [6, 6.07) is 9.19. The van der Waals surface area contributed by atoms with E-state index in [1.54, 1.807) is 0 Å². The molecule has 1 aromatic rings. The van der Waals surface area contributed by atoms with Crippen molar-refractivity contribution in [3.8, 4) is 0 Å². The molecule has 1 rings (SSSR count). The van der Waals surface area contributed by atoms with Crippen molar-refractivity contribution in [1.29, 1.82) is 0 Å². The molecule has 0 aromatic heterocycles. The molecule has 1 aromatic carbocycles. The summed E-state index contributed by atoms with van der Waals surface area (Å²) in [6.07, 6.45) is 3.38. The minimum Gasteiger partial charge on any atom is -0.466 e. The van der Waals surface area contributed by atoms with Gasteiger partial charge in [-0.2, -0.15) is 0 Å². The predicted octanol–water partition coefficient (Wildman–Crippen LogP) is 3.50. The first-order valence-corrected chi connectivity index (χ1v) is 8.08. The second kappa shape index (κ2) is 9.56. The molecule has 3 heteroatoms. The van der Waals surface area contributed by atoms with Gasteiger partial charge in [0.2, 0.25) is 0 Å². The average Bonchev–Trinajstić information content (AvgIpc) is 2.48. The van der Waals surface area contributed by atoms with Crippen LogP contribution in [-0.2, 0) is 22.4 Å². The molecule has 0 radical (unpaired) electrons. The molecule has 0 aliphatic rings. The van der Waals surface area contributed by atoms with Crippen molar-refractivity contribution in [2.24, 2.45) is 0 Å². The van der Waals surface area contributed by atoms with E-state index in [0.717, 1.165) is 19.3 Å².